The molecule has 6 heteroatoms. The second-order valence-corrected chi connectivity index (χ2v) is 3.05. The van der Waals surface area contributed by atoms with Gasteiger partial charge in [-0.15, -0.1) is 24.8 Å². The summed E-state index contributed by atoms with van der Waals surface area (Å²) in [4.78, 5) is 4.01. The molecule has 3 nitrogen and oxygen atoms in total. The summed E-state index contributed by atoms with van der Waals surface area (Å²) in [5, 5.41) is 2.83. The third kappa shape index (κ3) is 3.76. The van der Waals surface area contributed by atoms with Gasteiger partial charge in [0, 0.05) is 6.20 Å². The molecular weight excluding hydrogens is 264 g/mol. The van der Waals surface area contributed by atoms with Crippen molar-refractivity contribution in [1.82, 2.24) is 4.98 Å². The van der Waals surface area contributed by atoms with E-state index in [-0.39, 0.29) is 30.6 Å². The monoisotopic (exact) mass is 275 g/mol. The average Bonchev–Trinajstić information content (AvgIpc) is 2.24. The number of benzene rings is 1. The Balaban J connectivity index is 0.00000128. The zero-order valence-corrected chi connectivity index (χ0v) is 10.4. The number of hydrogen-bond donors (Lipinski definition) is 2. The van der Waals surface area contributed by atoms with Crippen molar-refractivity contribution < 1.29 is 4.39 Å². The first kappa shape index (κ1) is 15.5. The first-order valence-corrected chi connectivity index (χ1v) is 4.49. The SMILES string of the molecule is Cl.Cl.Nc1cccnc1Nc1ccccc1F. The molecule has 0 saturated carbocycles. The van der Waals surface area contributed by atoms with E-state index in [1.165, 1.54) is 6.07 Å². The zero-order chi connectivity index (χ0) is 10.7. The van der Waals surface area contributed by atoms with Crippen LogP contribution in [0.3, 0.4) is 0 Å². The maximum atomic E-state index is 13.3. The lowest BCUT2D eigenvalue weighted by Gasteiger charge is -2.07. The van der Waals surface area contributed by atoms with Gasteiger partial charge in [0.05, 0.1) is 11.4 Å². The van der Waals surface area contributed by atoms with Gasteiger partial charge in [0.1, 0.15) is 5.82 Å². The average molecular weight is 276 g/mol. The van der Waals surface area contributed by atoms with Gasteiger partial charge in [-0.05, 0) is 24.3 Å². The molecule has 2 rings (SSSR count). The highest BCUT2D eigenvalue weighted by Crippen LogP contribution is 2.21. The number of nitrogens with two attached hydrogens (primary N) is 1. The van der Waals surface area contributed by atoms with Crippen LogP contribution in [0.1, 0.15) is 0 Å². The van der Waals surface area contributed by atoms with Gasteiger partial charge < -0.3 is 11.1 Å². The van der Waals surface area contributed by atoms with Crippen molar-refractivity contribution in [1.29, 1.82) is 0 Å². The van der Waals surface area contributed by atoms with Crippen LogP contribution in [0.25, 0.3) is 0 Å². The van der Waals surface area contributed by atoms with Crippen LogP contribution in [-0.4, -0.2) is 4.98 Å². The summed E-state index contributed by atoms with van der Waals surface area (Å²) in [7, 11) is 0. The van der Waals surface area contributed by atoms with Crippen LogP contribution in [0.2, 0.25) is 0 Å². The maximum Gasteiger partial charge on any atom is 0.153 e. The normalized spacial score (nSPS) is 8.76. The fourth-order valence-corrected chi connectivity index (χ4v) is 1.21. The summed E-state index contributed by atoms with van der Waals surface area (Å²) in [5.41, 5.74) is 6.52. The van der Waals surface area contributed by atoms with Crippen molar-refractivity contribution in [2.75, 3.05) is 11.1 Å². The third-order valence-corrected chi connectivity index (χ3v) is 1.97. The fourth-order valence-electron chi connectivity index (χ4n) is 1.21. The van der Waals surface area contributed by atoms with E-state index in [1.807, 2.05) is 0 Å². The lowest BCUT2D eigenvalue weighted by molar-refractivity contribution is 0.632. The highest BCUT2D eigenvalue weighted by molar-refractivity contribution is 5.85. The van der Waals surface area contributed by atoms with Gasteiger partial charge in [0.25, 0.3) is 0 Å². The molecule has 2 aromatic rings. The topological polar surface area (TPSA) is 50.9 Å². The molecule has 1 aromatic carbocycles. The fraction of sp³-hybridized carbons (Fsp3) is 0. The van der Waals surface area contributed by atoms with E-state index in [4.69, 9.17) is 5.73 Å². The van der Waals surface area contributed by atoms with E-state index < -0.39 is 0 Å². The maximum absolute atomic E-state index is 13.3. The van der Waals surface area contributed by atoms with Crippen molar-refractivity contribution >= 4 is 42.0 Å². The Kier molecular flexibility index (Phi) is 6.31. The zero-order valence-electron chi connectivity index (χ0n) is 8.76. The predicted octanol–water partition coefficient (Wildman–Crippen LogP) is 3.39. The lowest BCUT2D eigenvalue weighted by Crippen LogP contribution is -1.99. The van der Waals surface area contributed by atoms with Crippen LogP contribution >= 0.6 is 24.8 Å². The highest BCUT2D eigenvalue weighted by atomic mass is 35.5. The number of rotatable bonds is 2. The van der Waals surface area contributed by atoms with E-state index in [2.05, 4.69) is 10.3 Å². The van der Waals surface area contributed by atoms with Crippen molar-refractivity contribution in [3.63, 3.8) is 0 Å². The minimum Gasteiger partial charge on any atom is -0.396 e. The summed E-state index contributed by atoms with van der Waals surface area (Å²) in [6, 6.07) is 9.80. The Labute approximate surface area is 111 Å². The second-order valence-electron chi connectivity index (χ2n) is 3.05. The van der Waals surface area contributed by atoms with Crippen molar-refractivity contribution in [2.24, 2.45) is 0 Å². The summed E-state index contributed by atoms with van der Waals surface area (Å²) in [6.45, 7) is 0. The molecule has 0 radical (unpaired) electrons. The van der Waals surface area contributed by atoms with Crippen molar-refractivity contribution in [3.05, 3.63) is 48.4 Å². The molecule has 1 heterocycles. The first-order chi connectivity index (χ1) is 7.27. The summed E-state index contributed by atoms with van der Waals surface area (Å²) in [6.07, 6.45) is 1.60. The van der Waals surface area contributed by atoms with E-state index in [1.54, 1.807) is 36.5 Å². The van der Waals surface area contributed by atoms with Gasteiger partial charge in [0.2, 0.25) is 0 Å². The molecule has 17 heavy (non-hydrogen) atoms. The minimum absolute atomic E-state index is 0. The number of pyridine rings is 1. The third-order valence-electron chi connectivity index (χ3n) is 1.97. The second kappa shape index (κ2) is 6.93. The van der Waals surface area contributed by atoms with Gasteiger partial charge in [-0.3, -0.25) is 0 Å². The predicted molar refractivity (Wildman–Crippen MR) is 72.8 cm³/mol. The van der Waals surface area contributed by atoms with Gasteiger partial charge in [-0.1, -0.05) is 12.1 Å². The van der Waals surface area contributed by atoms with E-state index >= 15 is 0 Å². The van der Waals surface area contributed by atoms with Crippen LogP contribution in [0.15, 0.2) is 42.6 Å². The van der Waals surface area contributed by atoms with E-state index in [0.717, 1.165) is 0 Å². The molecule has 0 fully saturated rings. The van der Waals surface area contributed by atoms with Gasteiger partial charge >= 0.3 is 0 Å². The molecule has 0 bridgehead atoms. The van der Waals surface area contributed by atoms with Crippen LogP contribution in [0, 0.1) is 5.82 Å². The van der Waals surface area contributed by atoms with Crippen molar-refractivity contribution in [3.8, 4) is 0 Å². The number of nitrogen functional groups attached to an aromatic ring is 1. The number of hydrogen-bond acceptors (Lipinski definition) is 3. The Bertz CT molecular complexity index is 436. The molecule has 0 amide bonds. The molecule has 0 spiro atoms. The summed E-state index contributed by atoms with van der Waals surface area (Å²) < 4.78 is 13.3. The van der Waals surface area contributed by atoms with Gasteiger partial charge in [-0.2, -0.15) is 0 Å². The largest absolute Gasteiger partial charge is 0.396 e. The molecule has 0 aliphatic carbocycles. The van der Waals surface area contributed by atoms with Crippen LogP contribution < -0.4 is 11.1 Å². The quantitative estimate of drug-likeness (QED) is 0.884. The minimum atomic E-state index is -0.331. The molecule has 0 unspecified atom stereocenters. The number of para-hydroxylation sites is 1. The van der Waals surface area contributed by atoms with Crippen LogP contribution in [-0.2, 0) is 0 Å². The molecule has 0 saturated heterocycles. The van der Waals surface area contributed by atoms with Gasteiger partial charge in [0.15, 0.2) is 5.82 Å². The number of nitrogens with zero attached hydrogens (tertiary/aromatic N) is 1. The summed E-state index contributed by atoms with van der Waals surface area (Å²) >= 11 is 0. The van der Waals surface area contributed by atoms with Gasteiger partial charge in [-0.25, -0.2) is 9.37 Å². The number of nitrogens with one attached hydrogen (secondary N) is 1. The smallest absolute Gasteiger partial charge is 0.153 e. The first-order valence-electron chi connectivity index (χ1n) is 4.49. The Morgan fingerprint density at radius 3 is 2.41 bits per heavy atom. The molecule has 0 atom stereocenters. The molecule has 3 N–H and O–H groups in total. The molecule has 0 aliphatic rings. The molecule has 92 valence electrons. The van der Waals surface area contributed by atoms with Crippen molar-refractivity contribution in [2.45, 2.75) is 0 Å². The standard InChI is InChI=1S/C11H10FN3.2ClH/c12-8-4-1-2-6-10(8)15-11-9(13)5-3-7-14-11;;/h1-7H,13H2,(H,14,15);2*1H. The Hall–Kier alpha value is -1.52. The molecule has 0 aliphatic heterocycles. The number of halogens is 3. The molecule has 1 aromatic heterocycles. The molecular formula is C11H12Cl2FN3. The van der Waals surface area contributed by atoms with E-state index in [0.29, 0.717) is 17.2 Å². The number of anilines is 3. The summed E-state index contributed by atoms with van der Waals surface area (Å²) in [5.74, 6) is 0.130. The van der Waals surface area contributed by atoms with E-state index in [9.17, 15) is 4.39 Å². The Morgan fingerprint density at radius 1 is 1.06 bits per heavy atom. The number of aromatic nitrogens is 1. The van der Waals surface area contributed by atoms with Crippen LogP contribution in [0.5, 0.6) is 0 Å². The lowest BCUT2D eigenvalue weighted by atomic mass is 10.3. The van der Waals surface area contributed by atoms with Crippen LogP contribution in [0.4, 0.5) is 21.6 Å². The Morgan fingerprint density at radius 2 is 1.76 bits per heavy atom. The highest BCUT2D eigenvalue weighted by Gasteiger charge is 2.03.